The van der Waals surface area contributed by atoms with Crippen LogP contribution in [0.2, 0.25) is 0 Å². The Hall–Kier alpha value is -3.02. The summed E-state index contributed by atoms with van der Waals surface area (Å²) in [6, 6.07) is 13.2. The van der Waals surface area contributed by atoms with Gasteiger partial charge in [-0.05, 0) is 55.2 Å². The maximum atomic E-state index is 13.1. The summed E-state index contributed by atoms with van der Waals surface area (Å²) in [5, 5.41) is 0. The average Bonchev–Trinajstić information content (AvgIpc) is 2.85. The highest BCUT2D eigenvalue weighted by molar-refractivity contribution is 5.96. The number of rotatable bonds is 9. The quantitative estimate of drug-likeness (QED) is 0.581. The molecule has 1 fully saturated rings. The molecule has 1 heterocycles. The van der Waals surface area contributed by atoms with E-state index in [9.17, 15) is 9.59 Å². The zero-order valence-electron chi connectivity index (χ0n) is 19.4. The van der Waals surface area contributed by atoms with E-state index >= 15 is 0 Å². The molecule has 0 radical (unpaired) electrons. The van der Waals surface area contributed by atoms with Crippen LogP contribution >= 0.6 is 0 Å². The minimum absolute atomic E-state index is 0.0208. The van der Waals surface area contributed by atoms with Crippen molar-refractivity contribution in [3.05, 3.63) is 59.2 Å². The smallest absolute Gasteiger partial charge is 0.254 e. The molecule has 1 saturated heterocycles. The van der Waals surface area contributed by atoms with Crippen molar-refractivity contribution in [2.75, 3.05) is 39.4 Å². The molecule has 1 aliphatic rings. The van der Waals surface area contributed by atoms with Gasteiger partial charge >= 0.3 is 0 Å². The van der Waals surface area contributed by atoms with Gasteiger partial charge in [0.15, 0.2) is 11.5 Å². The van der Waals surface area contributed by atoms with E-state index in [1.165, 1.54) is 5.56 Å². The normalized spacial score (nSPS) is 13.7. The Morgan fingerprint density at radius 3 is 1.75 bits per heavy atom. The van der Waals surface area contributed by atoms with E-state index < -0.39 is 0 Å². The number of aryl methyl sites for hydroxylation is 1. The van der Waals surface area contributed by atoms with Crippen molar-refractivity contribution in [1.29, 1.82) is 0 Å². The first kappa shape index (κ1) is 23.6. The fourth-order valence-electron chi connectivity index (χ4n) is 3.66. The highest BCUT2D eigenvalue weighted by Gasteiger charge is 2.26. The standard InChI is InChI=1S/C26H34N2O4/c1-4-17-31-23-12-11-22(19-24(23)32-18-5-2)26(30)28-15-13-27(14-16-28)25(29)21-9-7-20(6-3)8-10-21/h7-12,19H,4-6,13-18H2,1-3H3. The molecule has 0 atom stereocenters. The molecule has 2 amide bonds. The lowest BCUT2D eigenvalue weighted by Gasteiger charge is -2.35. The van der Waals surface area contributed by atoms with Crippen molar-refractivity contribution in [1.82, 2.24) is 9.80 Å². The Morgan fingerprint density at radius 2 is 1.22 bits per heavy atom. The predicted molar refractivity (Wildman–Crippen MR) is 126 cm³/mol. The lowest BCUT2D eigenvalue weighted by molar-refractivity contribution is 0.0535. The second kappa shape index (κ2) is 11.6. The van der Waals surface area contributed by atoms with E-state index in [2.05, 4.69) is 13.8 Å². The number of ether oxygens (including phenoxy) is 2. The van der Waals surface area contributed by atoms with Gasteiger partial charge in [-0.2, -0.15) is 0 Å². The van der Waals surface area contributed by atoms with Crippen molar-refractivity contribution in [3.63, 3.8) is 0 Å². The molecule has 32 heavy (non-hydrogen) atoms. The highest BCUT2D eigenvalue weighted by Crippen LogP contribution is 2.29. The third kappa shape index (κ3) is 5.81. The second-order valence-corrected chi connectivity index (χ2v) is 7.99. The number of benzene rings is 2. The summed E-state index contributed by atoms with van der Waals surface area (Å²) in [7, 11) is 0. The molecule has 6 nitrogen and oxygen atoms in total. The Kier molecular flexibility index (Phi) is 8.54. The number of carbonyl (C=O) groups excluding carboxylic acids is 2. The van der Waals surface area contributed by atoms with E-state index in [0.29, 0.717) is 62.0 Å². The van der Waals surface area contributed by atoms with Gasteiger partial charge in [-0.15, -0.1) is 0 Å². The third-order valence-electron chi connectivity index (χ3n) is 5.58. The summed E-state index contributed by atoms with van der Waals surface area (Å²) in [5.41, 5.74) is 2.49. The van der Waals surface area contributed by atoms with Crippen LogP contribution in [-0.4, -0.2) is 61.0 Å². The summed E-state index contributed by atoms with van der Waals surface area (Å²) in [5.74, 6) is 1.25. The molecule has 1 aliphatic heterocycles. The van der Waals surface area contributed by atoms with Gasteiger partial charge in [0.1, 0.15) is 0 Å². The van der Waals surface area contributed by atoms with Gasteiger partial charge in [0.25, 0.3) is 11.8 Å². The Morgan fingerprint density at radius 1 is 0.719 bits per heavy atom. The molecule has 6 heteroatoms. The molecule has 0 bridgehead atoms. The fraction of sp³-hybridized carbons (Fsp3) is 0.462. The van der Waals surface area contributed by atoms with E-state index in [1.54, 1.807) is 17.0 Å². The van der Waals surface area contributed by atoms with Gasteiger partial charge in [-0.3, -0.25) is 9.59 Å². The lowest BCUT2D eigenvalue weighted by Crippen LogP contribution is -2.50. The maximum Gasteiger partial charge on any atom is 0.254 e. The number of hydrogen-bond acceptors (Lipinski definition) is 4. The van der Waals surface area contributed by atoms with Crippen LogP contribution in [0.3, 0.4) is 0 Å². The van der Waals surface area contributed by atoms with Crippen LogP contribution in [0.25, 0.3) is 0 Å². The fourth-order valence-corrected chi connectivity index (χ4v) is 3.66. The van der Waals surface area contributed by atoms with E-state index in [0.717, 1.165) is 19.3 Å². The molecule has 0 spiro atoms. The van der Waals surface area contributed by atoms with Crippen molar-refractivity contribution in [3.8, 4) is 11.5 Å². The molecule has 3 rings (SSSR count). The van der Waals surface area contributed by atoms with E-state index in [4.69, 9.17) is 9.47 Å². The monoisotopic (exact) mass is 438 g/mol. The SMILES string of the molecule is CCCOc1ccc(C(=O)N2CCN(C(=O)c3ccc(CC)cc3)CC2)cc1OCCC. The van der Waals surface area contributed by atoms with E-state index in [-0.39, 0.29) is 11.8 Å². The molecule has 2 aromatic carbocycles. The molecule has 0 N–H and O–H groups in total. The molecular weight excluding hydrogens is 404 g/mol. The maximum absolute atomic E-state index is 13.1. The molecule has 0 aliphatic carbocycles. The van der Waals surface area contributed by atoms with Gasteiger partial charge < -0.3 is 19.3 Å². The van der Waals surface area contributed by atoms with Crippen molar-refractivity contribution in [2.45, 2.75) is 40.0 Å². The van der Waals surface area contributed by atoms with Crippen LogP contribution in [0.4, 0.5) is 0 Å². The van der Waals surface area contributed by atoms with Crippen LogP contribution in [-0.2, 0) is 6.42 Å². The molecular formula is C26H34N2O4. The zero-order chi connectivity index (χ0) is 22.9. The summed E-state index contributed by atoms with van der Waals surface area (Å²) in [6.45, 7) is 9.43. The minimum atomic E-state index is -0.0483. The number of hydrogen-bond donors (Lipinski definition) is 0. The van der Waals surface area contributed by atoms with Crippen LogP contribution in [0.15, 0.2) is 42.5 Å². The summed E-state index contributed by atoms with van der Waals surface area (Å²) < 4.78 is 11.6. The summed E-state index contributed by atoms with van der Waals surface area (Å²) in [6.07, 6.45) is 2.73. The van der Waals surface area contributed by atoms with Gasteiger partial charge in [-0.1, -0.05) is 32.9 Å². The minimum Gasteiger partial charge on any atom is -0.490 e. The van der Waals surface area contributed by atoms with Gasteiger partial charge in [-0.25, -0.2) is 0 Å². The van der Waals surface area contributed by atoms with Gasteiger partial charge in [0, 0.05) is 37.3 Å². The van der Waals surface area contributed by atoms with Crippen molar-refractivity contribution in [2.24, 2.45) is 0 Å². The van der Waals surface area contributed by atoms with Crippen LogP contribution < -0.4 is 9.47 Å². The Bertz CT molecular complexity index is 903. The first-order valence-corrected chi connectivity index (χ1v) is 11.6. The van der Waals surface area contributed by atoms with Crippen LogP contribution in [0.1, 0.15) is 59.9 Å². The zero-order valence-corrected chi connectivity index (χ0v) is 19.4. The van der Waals surface area contributed by atoms with Crippen LogP contribution in [0.5, 0.6) is 11.5 Å². The van der Waals surface area contributed by atoms with Crippen molar-refractivity contribution >= 4 is 11.8 Å². The highest BCUT2D eigenvalue weighted by atomic mass is 16.5. The molecule has 172 valence electrons. The largest absolute Gasteiger partial charge is 0.490 e. The topological polar surface area (TPSA) is 59.1 Å². The number of carbonyl (C=O) groups is 2. The first-order chi connectivity index (χ1) is 15.6. The third-order valence-corrected chi connectivity index (χ3v) is 5.58. The predicted octanol–water partition coefficient (Wildman–Crippen LogP) is 4.42. The molecule has 2 aromatic rings. The molecule has 0 unspecified atom stereocenters. The van der Waals surface area contributed by atoms with Crippen LogP contribution in [0, 0.1) is 0 Å². The lowest BCUT2D eigenvalue weighted by atomic mass is 10.1. The molecule has 0 saturated carbocycles. The molecule has 0 aromatic heterocycles. The van der Waals surface area contributed by atoms with Gasteiger partial charge in [0.05, 0.1) is 13.2 Å². The average molecular weight is 439 g/mol. The van der Waals surface area contributed by atoms with Crippen molar-refractivity contribution < 1.29 is 19.1 Å². The summed E-state index contributed by atoms with van der Waals surface area (Å²) >= 11 is 0. The number of piperazine rings is 1. The summed E-state index contributed by atoms with van der Waals surface area (Å²) in [4.78, 5) is 29.5. The Balaban J connectivity index is 1.63. The number of amides is 2. The number of nitrogens with zero attached hydrogens (tertiary/aromatic N) is 2. The second-order valence-electron chi connectivity index (χ2n) is 7.99. The first-order valence-electron chi connectivity index (χ1n) is 11.6. The van der Waals surface area contributed by atoms with E-state index in [1.807, 2.05) is 42.2 Å². The Labute approximate surface area is 191 Å². The van der Waals surface area contributed by atoms with Gasteiger partial charge in [0.2, 0.25) is 0 Å².